The Kier molecular flexibility index (Phi) is 49.2. The van der Waals surface area contributed by atoms with Crippen LogP contribution >= 0.6 is 0 Å². The zero-order valence-corrected chi connectivity index (χ0v) is 42.3. The number of aliphatic hydroxyl groups is 2. The van der Waals surface area contributed by atoms with E-state index in [1.54, 1.807) is 0 Å². The molecule has 0 bridgehead atoms. The van der Waals surface area contributed by atoms with Gasteiger partial charge in [-0.15, -0.1) is 0 Å². The number of unbranched alkanes of at least 4 members (excludes halogenated alkanes) is 24. The Hall–Kier alpha value is -3.22. The normalized spacial score (nSPS) is 14.0. The van der Waals surface area contributed by atoms with E-state index in [1.807, 2.05) is 54.7 Å². The predicted octanol–water partition coefficient (Wildman–Crippen LogP) is 16.5. The van der Waals surface area contributed by atoms with Gasteiger partial charge in [-0.05, 0) is 77.0 Å². The highest BCUT2D eigenvalue weighted by Gasteiger charge is 2.24. The fraction of sp³-hybridized carbons (Fsp3) is 0.695. The van der Waals surface area contributed by atoms with E-state index in [0.29, 0.717) is 19.3 Å². The van der Waals surface area contributed by atoms with E-state index < -0.39 is 18.2 Å². The number of aliphatic hydroxyl groups excluding tert-OH is 2. The summed E-state index contributed by atoms with van der Waals surface area (Å²) in [5.41, 5.74) is 0. The highest BCUT2D eigenvalue weighted by Crippen LogP contribution is 2.17. The Bertz CT molecular complexity index is 1290. The van der Waals surface area contributed by atoms with Crippen molar-refractivity contribution in [2.75, 3.05) is 6.61 Å². The van der Waals surface area contributed by atoms with Gasteiger partial charge >= 0.3 is 5.97 Å². The molecule has 0 aliphatic rings. The van der Waals surface area contributed by atoms with E-state index in [-0.39, 0.29) is 24.9 Å². The van der Waals surface area contributed by atoms with Gasteiger partial charge in [-0.25, -0.2) is 0 Å². The minimum Gasteiger partial charge on any atom is -0.462 e. The number of carbonyl (C=O) groups excluding carboxylic acids is 2. The molecule has 0 radical (unpaired) electrons. The molecule has 372 valence electrons. The lowest BCUT2D eigenvalue weighted by Crippen LogP contribution is -2.46. The molecule has 0 aliphatic carbocycles. The maximum atomic E-state index is 13.2. The van der Waals surface area contributed by atoms with Crippen LogP contribution in [0.1, 0.15) is 239 Å². The van der Waals surface area contributed by atoms with Crippen LogP contribution in [0.4, 0.5) is 0 Å². The van der Waals surface area contributed by atoms with Gasteiger partial charge < -0.3 is 20.3 Å². The molecule has 65 heavy (non-hydrogen) atoms. The van der Waals surface area contributed by atoms with Crippen LogP contribution < -0.4 is 5.32 Å². The second-order valence-corrected chi connectivity index (χ2v) is 18.0. The zero-order chi connectivity index (χ0) is 47.4. The molecule has 0 rings (SSSR count). The van der Waals surface area contributed by atoms with Gasteiger partial charge in [0.2, 0.25) is 5.91 Å². The number of amides is 1. The maximum Gasteiger partial charge on any atom is 0.306 e. The largest absolute Gasteiger partial charge is 0.462 e. The Balaban J connectivity index is 4.71. The maximum absolute atomic E-state index is 13.2. The van der Waals surface area contributed by atoms with Gasteiger partial charge in [0.15, 0.2) is 0 Å². The van der Waals surface area contributed by atoms with Crippen LogP contribution in [-0.4, -0.2) is 46.9 Å². The van der Waals surface area contributed by atoms with Gasteiger partial charge in [0.1, 0.15) is 6.10 Å². The van der Waals surface area contributed by atoms with Crippen molar-refractivity contribution >= 4 is 11.9 Å². The van der Waals surface area contributed by atoms with Crippen LogP contribution in [0.25, 0.3) is 0 Å². The van der Waals surface area contributed by atoms with Crippen LogP contribution in [0.5, 0.6) is 0 Å². The number of carbonyl (C=O) groups is 2. The number of ether oxygens (including phenoxy) is 1. The van der Waals surface area contributed by atoms with Crippen molar-refractivity contribution < 1.29 is 24.5 Å². The summed E-state index contributed by atoms with van der Waals surface area (Å²) in [6.07, 6.45) is 68.8. The van der Waals surface area contributed by atoms with Gasteiger partial charge in [0.25, 0.3) is 0 Å². The molecule has 0 aliphatic heterocycles. The summed E-state index contributed by atoms with van der Waals surface area (Å²) < 4.78 is 5.92. The summed E-state index contributed by atoms with van der Waals surface area (Å²) in [5, 5.41) is 23.8. The summed E-state index contributed by atoms with van der Waals surface area (Å²) in [4.78, 5) is 26.2. The van der Waals surface area contributed by atoms with Gasteiger partial charge in [-0.1, -0.05) is 246 Å². The zero-order valence-electron chi connectivity index (χ0n) is 42.3. The first-order valence-corrected chi connectivity index (χ1v) is 27.0. The number of hydrogen-bond donors (Lipinski definition) is 3. The number of nitrogens with one attached hydrogen (secondary N) is 1. The van der Waals surface area contributed by atoms with Gasteiger partial charge in [0, 0.05) is 6.42 Å². The Labute approximate surface area is 401 Å². The van der Waals surface area contributed by atoms with Crippen molar-refractivity contribution in [3.63, 3.8) is 0 Å². The molecule has 0 aromatic carbocycles. The molecule has 0 saturated heterocycles. The molecule has 6 nitrogen and oxygen atoms in total. The Morgan fingerprint density at radius 3 is 1.42 bits per heavy atom. The van der Waals surface area contributed by atoms with Gasteiger partial charge in [-0.2, -0.15) is 0 Å². The third-order valence-corrected chi connectivity index (χ3v) is 11.8. The lowest BCUT2D eigenvalue weighted by Gasteiger charge is -2.24. The molecule has 0 saturated carbocycles. The summed E-state index contributed by atoms with van der Waals surface area (Å²) in [6, 6.07) is -0.722. The van der Waals surface area contributed by atoms with Crippen molar-refractivity contribution in [3.8, 4) is 0 Å². The van der Waals surface area contributed by atoms with Gasteiger partial charge in [-0.3, -0.25) is 9.59 Å². The molecule has 0 spiro atoms. The number of allylic oxidation sites excluding steroid dienone is 16. The van der Waals surface area contributed by atoms with E-state index in [1.165, 1.54) is 103 Å². The molecule has 3 N–H and O–H groups in total. The standard InChI is InChI=1S/C59H101NO5/c1-4-7-10-13-16-19-22-25-28-29-31-34-37-40-43-46-49-52-59(64)65-55(50-47-44-41-38-35-32-30-26-23-20-17-14-11-8-5-2)53-58(63)60-56(54-61)57(62)51-48-45-42-39-36-33-27-24-21-18-15-12-9-6-3/h7,10,13,16-17,19-20,22,25-26,28-31,34,37,55-57,61-62H,4-6,8-9,11-12,14-15,18,21,23-24,27,32-33,35-36,38-54H2,1-3H3,(H,60,63)/b10-7-,16-13+,20-17-,22-19+,28-25-,30-26-,31-29+,37-34+. The quantitative estimate of drug-likeness (QED) is 0.0245. The fourth-order valence-electron chi connectivity index (χ4n) is 7.73. The van der Waals surface area contributed by atoms with E-state index >= 15 is 0 Å². The van der Waals surface area contributed by atoms with Crippen LogP contribution in [0.3, 0.4) is 0 Å². The van der Waals surface area contributed by atoms with Gasteiger partial charge in [0.05, 0.1) is 25.2 Å². The summed E-state index contributed by atoms with van der Waals surface area (Å²) in [5.74, 6) is -0.543. The summed E-state index contributed by atoms with van der Waals surface area (Å²) >= 11 is 0. The van der Waals surface area contributed by atoms with E-state index in [2.05, 4.69) is 68.6 Å². The van der Waals surface area contributed by atoms with Crippen molar-refractivity contribution in [2.45, 2.75) is 257 Å². The second-order valence-electron chi connectivity index (χ2n) is 18.0. The Morgan fingerprint density at radius 1 is 0.477 bits per heavy atom. The monoisotopic (exact) mass is 904 g/mol. The molecule has 0 fully saturated rings. The van der Waals surface area contributed by atoms with Crippen LogP contribution in [-0.2, 0) is 14.3 Å². The van der Waals surface area contributed by atoms with Crippen molar-refractivity contribution in [3.05, 3.63) is 97.2 Å². The predicted molar refractivity (Wildman–Crippen MR) is 282 cm³/mol. The van der Waals surface area contributed by atoms with E-state index in [0.717, 1.165) is 89.9 Å². The van der Waals surface area contributed by atoms with Crippen molar-refractivity contribution in [2.24, 2.45) is 0 Å². The average molecular weight is 904 g/mol. The van der Waals surface area contributed by atoms with Crippen LogP contribution in [0.2, 0.25) is 0 Å². The minimum absolute atomic E-state index is 0.0448. The lowest BCUT2D eigenvalue weighted by atomic mass is 10.0. The highest BCUT2D eigenvalue weighted by molar-refractivity contribution is 5.77. The first kappa shape index (κ1) is 61.8. The topological polar surface area (TPSA) is 95.9 Å². The lowest BCUT2D eigenvalue weighted by molar-refractivity contribution is -0.151. The molecule has 0 aromatic heterocycles. The van der Waals surface area contributed by atoms with Crippen LogP contribution in [0.15, 0.2) is 97.2 Å². The third-order valence-electron chi connectivity index (χ3n) is 11.8. The summed E-state index contributed by atoms with van der Waals surface area (Å²) in [7, 11) is 0. The van der Waals surface area contributed by atoms with E-state index in [9.17, 15) is 19.8 Å². The smallest absolute Gasteiger partial charge is 0.306 e. The van der Waals surface area contributed by atoms with Crippen molar-refractivity contribution in [1.82, 2.24) is 5.32 Å². The fourth-order valence-corrected chi connectivity index (χ4v) is 7.73. The highest BCUT2D eigenvalue weighted by atomic mass is 16.5. The molecule has 0 aromatic rings. The number of rotatable bonds is 47. The third kappa shape index (κ3) is 47.1. The SMILES string of the molecule is CC\C=C/C=C/C=C/C=C\C=C\C=C\CCCCCC(=O)OC(CCCCCCC/C=C\C/C=C\CCCCC)CC(=O)NC(CO)C(O)CCCCCCCCCCCCCCCC. The number of esters is 1. The van der Waals surface area contributed by atoms with E-state index in [4.69, 9.17) is 4.74 Å². The molecule has 3 unspecified atom stereocenters. The molecular formula is C59H101NO5. The molecule has 3 atom stereocenters. The van der Waals surface area contributed by atoms with Crippen molar-refractivity contribution in [1.29, 1.82) is 0 Å². The molecule has 6 heteroatoms. The second kappa shape index (κ2) is 51.8. The first-order chi connectivity index (χ1) is 32.0. The number of hydrogen-bond acceptors (Lipinski definition) is 5. The Morgan fingerprint density at radius 2 is 0.892 bits per heavy atom. The molecular weight excluding hydrogens is 803 g/mol. The minimum atomic E-state index is -0.806. The summed E-state index contributed by atoms with van der Waals surface area (Å²) in [6.45, 7) is 6.30. The first-order valence-electron chi connectivity index (χ1n) is 27.0. The van der Waals surface area contributed by atoms with Crippen LogP contribution in [0, 0.1) is 0 Å². The molecule has 0 heterocycles. The average Bonchev–Trinajstić information content (AvgIpc) is 3.30. The molecule has 1 amide bonds.